The third kappa shape index (κ3) is 3.76. The van der Waals surface area contributed by atoms with Gasteiger partial charge >= 0.3 is 0 Å². The minimum atomic E-state index is 0.485. The van der Waals surface area contributed by atoms with Crippen LogP contribution >= 0.6 is 23.8 Å². The summed E-state index contributed by atoms with van der Waals surface area (Å²) in [4.78, 5) is 2.38. The molecule has 1 fully saturated rings. The molecule has 1 aliphatic carbocycles. The minimum Gasteiger partial charge on any atom is -0.350 e. The molecular formula is C23H26ClN3S. The van der Waals surface area contributed by atoms with E-state index in [1.165, 1.54) is 42.1 Å². The fraction of sp³-hybridized carbons (Fsp3) is 0.348. The third-order valence-corrected chi connectivity index (χ3v) is 6.60. The molecule has 1 saturated carbocycles. The van der Waals surface area contributed by atoms with E-state index in [0.29, 0.717) is 6.04 Å². The van der Waals surface area contributed by atoms with Crippen LogP contribution in [0.5, 0.6) is 0 Å². The third-order valence-electron chi connectivity index (χ3n) is 5.86. The number of rotatable bonds is 4. The number of fused-ring (bicyclic) bond motifs is 1. The summed E-state index contributed by atoms with van der Waals surface area (Å²) in [5.41, 5.74) is 4.59. The van der Waals surface area contributed by atoms with Crippen molar-refractivity contribution < 1.29 is 0 Å². The first kappa shape index (κ1) is 19.3. The Morgan fingerprint density at radius 3 is 2.71 bits per heavy atom. The van der Waals surface area contributed by atoms with Gasteiger partial charge in [0.1, 0.15) is 0 Å². The molecule has 5 heteroatoms. The molecule has 0 atom stereocenters. The van der Waals surface area contributed by atoms with Gasteiger partial charge in [0.2, 0.25) is 0 Å². The van der Waals surface area contributed by atoms with Crippen molar-refractivity contribution in [2.75, 3.05) is 5.32 Å². The Balaban J connectivity index is 1.63. The summed E-state index contributed by atoms with van der Waals surface area (Å²) in [5.74, 6) is 0. The number of hydrogen-bond acceptors (Lipinski definition) is 1. The van der Waals surface area contributed by atoms with Crippen molar-refractivity contribution in [3.63, 3.8) is 0 Å². The lowest BCUT2D eigenvalue weighted by Gasteiger charge is -2.32. The van der Waals surface area contributed by atoms with E-state index in [0.717, 1.165) is 27.9 Å². The number of thiocarbonyl (C=S) groups is 1. The maximum absolute atomic E-state index is 6.30. The number of aryl methyl sites for hydroxylation is 1. The second-order valence-electron chi connectivity index (χ2n) is 7.69. The van der Waals surface area contributed by atoms with E-state index in [1.54, 1.807) is 0 Å². The van der Waals surface area contributed by atoms with Crippen LogP contribution in [0.25, 0.3) is 10.9 Å². The number of anilines is 1. The van der Waals surface area contributed by atoms with Crippen molar-refractivity contribution >= 4 is 45.5 Å². The van der Waals surface area contributed by atoms with Crippen LogP contribution < -0.4 is 5.32 Å². The Morgan fingerprint density at radius 1 is 1.18 bits per heavy atom. The van der Waals surface area contributed by atoms with Crippen LogP contribution in [-0.4, -0.2) is 20.6 Å². The van der Waals surface area contributed by atoms with Crippen LogP contribution in [-0.2, 0) is 13.6 Å². The lowest BCUT2D eigenvalue weighted by atomic mass is 10.1. The van der Waals surface area contributed by atoms with Gasteiger partial charge in [0.15, 0.2) is 5.11 Å². The van der Waals surface area contributed by atoms with Crippen molar-refractivity contribution in [2.24, 2.45) is 7.05 Å². The van der Waals surface area contributed by atoms with Gasteiger partial charge in [0, 0.05) is 47.4 Å². The van der Waals surface area contributed by atoms with Gasteiger partial charge in [-0.25, -0.2) is 0 Å². The van der Waals surface area contributed by atoms with Crippen molar-refractivity contribution in [1.29, 1.82) is 0 Å². The second-order valence-corrected chi connectivity index (χ2v) is 8.49. The lowest BCUT2D eigenvalue weighted by Crippen LogP contribution is -2.41. The fourth-order valence-corrected chi connectivity index (χ4v) is 4.75. The van der Waals surface area contributed by atoms with Gasteiger partial charge in [0.05, 0.1) is 0 Å². The molecule has 0 saturated heterocycles. The maximum Gasteiger partial charge on any atom is 0.173 e. The summed E-state index contributed by atoms with van der Waals surface area (Å²) in [5, 5.41) is 6.31. The molecule has 1 aliphatic rings. The van der Waals surface area contributed by atoms with E-state index in [4.69, 9.17) is 23.8 Å². The number of para-hydroxylation sites is 1. The van der Waals surface area contributed by atoms with Crippen LogP contribution in [0.1, 0.15) is 36.8 Å². The summed E-state index contributed by atoms with van der Waals surface area (Å²) in [7, 11) is 2.11. The average molecular weight is 412 g/mol. The van der Waals surface area contributed by atoms with E-state index in [2.05, 4.69) is 52.3 Å². The van der Waals surface area contributed by atoms with Gasteiger partial charge in [-0.1, -0.05) is 48.7 Å². The smallest absolute Gasteiger partial charge is 0.173 e. The summed E-state index contributed by atoms with van der Waals surface area (Å²) in [6, 6.07) is 15.0. The van der Waals surface area contributed by atoms with Gasteiger partial charge in [-0.2, -0.15) is 0 Å². The normalized spacial score (nSPS) is 14.5. The average Bonchev–Trinajstić information content (AvgIpc) is 3.32. The standard InChI is InChI=1S/C23H26ClN3S/c1-16-20(24)11-7-12-21(16)25-23(28)27(18-8-3-4-9-18)15-17-14-26(2)22-13-6-5-10-19(17)22/h5-7,10-14,18H,3-4,8-9,15H2,1-2H3,(H,25,28). The zero-order valence-corrected chi connectivity index (χ0v) is 18.0. The molecule has 0 bridgehead atoms. The molecule has 3 nitrogen and oxygen atoms in total. The highest BCUT2D eigenvalue weighted by molar-refractivity contribution is 7.80. The predicted octanol–water partition coefficient (Wildman–Crippen LogP) is 6.28. The molecule has 0 aliphatic heterocycles. The maximum atomic E-state index is 6.30. The molecule has 0 radical (unpaired) electrons. The summed E-state index contributed by atoms with van der Waals surface area (Å²) >= 11 is 12.2. The Kier molecular flexibility index (Phi) is 5.61. The monoisotopic (exact) mass is 411 g/mol. The van der Waals surface area contributed by atoms with E-state index in [1.807, 2.05) is 25.1 Å². The van der Waals surface area contributed by atoms with Gasteiger partial charge in [-0.05, 0) is 61.3 Å². The Bertz CT molecular complexity index is 1000. The molecule has 1 aromatic heterocycles. The number of benzene rings is 2. The molecule has 2 aromatic carbocycles. The van der Waals surface area contributed by atoms with Crippen molar-refractivity contribution in [1.82, 2.24) is 9.47 Å². The molecular weight excluding hydrogens is 386 g/mol. The molecule has 0 unspecified atom stereocenters. The topological polar surface area (TPSA) is 20.2 Å². The Labute approximate surface area is 177 Å². The first-order valence-corrected chi connectivity index (χ1v) is 10.7. The van der Waals surface area contributed by atoms with Gasteiger partial charge < -0.3 is 14.8 Å². The van der Waals surface area contributed by atoms with Crippen LogP contribution in [0.4, 0.5) is 5.69 Å². The number of nitrogens with zero attached hydrogens (tertiary/aromatic N) is 2. The summed E-state index contributed by atoms with van der Waals surface area (Å²) < 4.78 is 2.20. The first-order valence-electron chi connectivity index (χ1n) is 9.90. The van der Waals surface area contributed by atoms with E-state index in [9.17, 15) is 0 Å². The van der Waals surface area contributed by atoms with Crippen LogP contribution in [0.2, 0.25) is 5.02 Å². The molecule has 146 valence electrons. The molecule has 28 heavy (non-hydrogen) atoms. The Hall–Kier alpha value is -2.04. The molecule has 3 aromatic rings. The highest BCUT2D eigenvalue weighted by Gasteiger charge is 2.26. The zero-order chi connectivity index (χ0) is 19.7. The van der Waals surface area contributed by atoms with Gasteiger partial charge in [0.25, 0.3) is 0 Å². The summed E-state index contributed by atoms with van der Waals surface area (Å²) in [6.07, 6.45) is 7.17. The van der Waals surface area contributed by atoms with Gasteiger partial charge in [-0.15, -0.1) is 0 Å². The molecule has 0 spiro atoms. The van der Waals surface area contributed by atoms with Crippen LogP contribution in [0.15, 0.2) is 48.7 Å². The lowest BCUT2D eigenvalue weighted by molar-refractivity contribution is 0.313. The first-order chi connectivity index (χ1) is 13.5. The number of nitrogens with one attached hydrogen (secondary N) is 1. The van der Waals surface area contributed by atoms with Crippen molar-refractivity contribution in [2.45, 2.75) is 45.2 Å². The zero-order valence-electron chi connectivity index (χ0n) is 16.4. The van der Waals surface area contributed by atoms with E-state index >= 15 is 0 Å². The Morgan fingerprint density at radius 2 is 1.93 bits per heavy atom. The molecule has 4 rings (SSSR count). The number of aromatic nitrogens is 1. The number of halogens is 1. The second kappa shape index (κ2) is 8.14. The summed E-state index contributed by atoms with van der Waals surface area (Å²) in [6.45, 7) is 2.84. The van der Waals surface area contributed by atoms with E-state index < -0.39 is 0 Å². The molecule has 1 N–H and O–H groups in total. The van der Waals surface area contributed by atoms with Gasteiger partial charge in [-0.3, -0.25) is 0 Å². The SMILES string of the molecule is Cc1c(Cl)cccc1NC(=S)N(Cc1cn(C)c2ccccc12)C1CCCC1. The quantitative estimate of drug-likeness (QED) is 0.510. The van der Waals surface area contributed by atoms with Crippen molar-refractivity contribution in [3.05, 3.63) is 64.8 Å². The molecule has 0 amide bonds. The number of hydrogen-bond donors (Lipinski definition) is 1. The van der Waals surface area contributed by atoms with E-state index in [-0.39, 0.29) is 0 Å². The fourth-order valence-electron chi connectivity index (χ4n) is 4.25. The van der Waals surface area contributed by atoms with Crippen LogP contribution in [0.3, 0.4) is 0 Å². The molecule has 1 heterocycles. The minimum absolute atomic E-state index is 0.485. The largest absolute Gasteiger partial charge is 0.350 e. The van der Waals surface area contributed by atoms with Crippen molar-refractivity contribution in [3.8, 4) is 0 Å². The van der Waals surface area contributed by atoms with Crippen LogP contribution in [0, 0.1) is 6.92 Å². The predicted molar refractivity (Wildman–Crippen MR) is 123 cm³/mol. The highest BCUT2D eigenvalue weighted by atomic mass is 35.5. The highest BCUT2D eigenvalue weighted by Crippen LogP contribution is 2.30.